The molecule has 0 radical (unpaired) electrons. The van der Waals surface area contributed by atoms with Gasteiger partial charge in [-0.05, 0) is 23.1 Å². The van der Waals surface area contributed by atoms with Crippen LogP contribution in [0.2, 0.25) is 0 Å². The molecule has 0 saturated heterocycles. The normalized spacial score (nSPS) is 13.2. The highest BCUT2D eigenvalue weighted by Crippen LogP contribution is 2.20. The molecule has 3 nitrogen and oxygen atoms in total. The van der Waals surface area contributed by atoms with Crippen LogP contribution in [0.1, 0.15) is 0 Å². The minimum atomic E-state index is -3.42. The van der Waals surface area contributed by atoms with E-state index in [0.717, 1.165) is 10.4 Å². The van der Waals surface area contributed by atoms with E-state index in [2.05, 4.69) is 0 Å². The van der Waals surface area contributed by atoms with E-state index in [1.54, 1.807) is 16.4 Å². The van der Waals surface area contributed by atoms with Gasteiger partial charge in [-0.25, -0.2) is 8.42 Å². The van der Waals surface area contributed by atoms with Gasteiger partial charge in [-0.2, -0.15) is 0 Å². The van der Waals surface area contributed by atoms with Gasteiger partial charge >= 0.3 is 0 Å². The van der Waals surface area contributed by atoms with Crippen molar-refractivity contribution in [3.05, 3.63) is 28.6 Å². The highest BCUT2D eigenvalue weighted by molar-refractivity contribution is 7.90. The fourth-order valence-electron chi connectivity index (χ4n) is 1.02. The van der Waals surface area contributed by atoms with Crippen molar-refractivity contribution < 1.29 is 8.42 Å². The molecule has 0 atom stereocenters. The van der Waals surface area contributed by atoms with E-state index >= 15 is 0 Å². The molecule has 0 saturated carbocycles. The van der Waals surface area contributed by atoms with Gasteiger partial charge in [0.25, 0.3) is 10.0 Å². The zero-order valence-electron chi connectivity index (χ0n) is 5.33. The van der Waals surface area contributed by atoms with E-state index in [-0.39, 0.29) is 4.90 Å². The zero-order chi connectivity index (χ0) is 8.06. The second kappa shape index (κ2) is 1.97. The molecule has 0 aromatic rings. The summed E-state index contributed by atoms with van der Waals surface area (Å²) in [7, 11) is -3.42. The Bertz CT molecular complexity index is 494. The monoisotopic (exact) mass is 189 g/mol. The number of hydrogen-bond acceptors (Lipinski definition) is 2. The van der Waals surface area contributed by atoms with Crippen molar-refractivity contribution in [3.63, 3.8) is 0 Å². The van der Waals surface area contributed by atoms with Gasteiger partial charge in [0.15, 0.2) is 0 Å². The summed E-state index contributed by atoms with van der Waals surface area (Å²) in [5.74, 6) is 0. The van der Waals surface area contributed by atoms with Crippen LogP contribution in [-0.2, 0) is 10.0 Å². The third-order valence-electron chi connectivity index (χ3n) is 1.68. The third-order valence-corrected chi connectivity index (χ3v) is 3.41. The van der Waals surface area contributed by atoms with Crippen molar-refractivity contribution in [2.24, 2.45) is 0 Å². The maximum absolute atomic E-state index is 11.0. The highest BCUT2D eigenvalue weighted by Gasteiger charge is 2.19. The molecule has 2 rings (SSSR count). The Labute approximate surface area is 68.5 Å². The van der Waals surface area contributed by atoms with Gasteiger partial charge in [-0.3, -0.25) is 0 Å². The summed E-state index contributed by atoms with van der Waals surface area (Å²) in [5.41, 5.74) is 0. The van der Waals surface area contributed by atoms with Crippen molar-refractivity contribution in [1.82, 2.24) is 4.24 Å². The van der Waals surface area contributed by atoms with E-state index in [4.69, 9.17) is 11.8 Å². The Morgan fingerprint density at radius 2 is 2.09 bits per heavy atom. The molecule has 0 bridgehead atoms. The molecule has 11 heavy (non-hydrogen) atoms. The number of rotatable bonds is 2. The Hall–Kier alpha value is -0.580. The number of halogens is 1. The second-order valence-electron chi connectivity index (χ2n) is 2.29. The molecule has 0 amide bonds. The number of benzene rings is 1. The van der Waals surface area contributed by atoms with Crippen molar-refractivity contribution in [2.45, 2.75) is 4.90 Å². The first kappa shape index (κ1) is 7.09. The number of nitrogens with one attached hydrogen (secondary N) is 1. The van der Waals surface area contributed by atoms with Gasteiger partial charge in [-0.15, -0.1) is 4.24 Å². The molecule has 0 heterocycles. The van der Waals surface area contributed by atoms with Crippen LogP contribution in [0.3, 0.4) is 0 Å². The second-order valence-corrected chi connectivity index (χ2v) is 4.36. The maximum atomic E-state index is 11.0. The number of sulfonamides is 1. The van der Waals surface area contributed by atoms with Gasteiger partial charge in [-0.1, -0.05) is 12.1 Å². The molecule has 1 N–H and O–H groups in total. The average molecular weight is 190 g/mol. The van der Waals surface area contributed by atoms with Crippen molar-refractivity contribution in [1.29, 1.82) is 0 Å². The van der Waals surface area contributed by atoms with Crippen molar-refractivity contribution in [2.75, 3.05) is 0 Å². The molecule has 0 spiro atoms. The summed E-state index contributed by atoms with van der Waals surface area (Å²) in [6.07, 6.45) is 0. The van der Waals surface area contributed by atoms with Gasteiger partial charge in [0.2, 0.25) is 0 Å². The quantitative estimate of drug-likeness (QED) is 0.708. The van der Waals surface area contributed by atoms with Crippen LogP contribution in [0.15, 0.2) is 23.1 Å². The lowest BCUT2D eigenvalue weighted by molar-refractivity contribution is 0.592. The summed E-state index contributed by atoms with van der Waals surface area (Å²) < 4.78 is 23.7. The first-order chi connectivity index (χ1) is 5.15. The maximum Gasteiger partial charge on any atom is 0.254 e. The van der Waals surface area contributed by atoms with Crippen LogP contribution in [-0.4, -0.2) is 8.42 Å². The molecule has 2 aliphatic carbocycles. The van der Waals surface area contributed by atoms with Crippen molar-refractivity contribution >= 4 is 21.8 Å². The van der Waals surface area contributed by atoms with Gasteiger partial charge in [0.05, 0.1) is 4.90 Å². The van der Waals surface area contributed by atoms with Crippen LogP contribution < -0.4 is 4.24 Å². The fraction of sp³-hybridized carbons (Fsp3) is 0. The smallest absolute Gasteiger partial charge is 0.206 e. The van der Waals surface area contributed by atoms with Crippen LogP contribution in [0.25, 0.3) is 0 Å². The van der Waals surface area contributed by atoms with Gasteiger partial charge < -0.3 is 0 Å². The third kappa shape index (κ3) is 0.803. The van der Waals surface area contributed by atoms with Crippen LogP contribution in [0.5, 0.6) is 0 Å². The van der Waals surface area contributed by atoms with Crippen LogP contribution in [0.4, 0.5) is 0 Å². The zero-order valence-corrected chi connectivity index (χ0v) is 6.91. The van der Waals surface area contributed by atoms with E-state index in [0.29, 0.717) is 0 Å². The summed E-state index contributed by atoms with van der Waals surface area (Å²) >= 11 is 5.01. The SMILES string of the molecule is O=S(=O)(NCl)c1cc2ccc1=2. The summed E-state index contributed by atoms with van der Waals surface area (Å²) in [6.45, 7) is 0. The Morgan fingerprint density at radius 1 is 1.36 bits per heavy atom. The molecule has 2 aliphatic rings. The standard InChI is InChI=1S/C6H4ClNO2S/c7-8-11(9,10)6-3-4-1-2-5(4)6/h1-3,8H. The molecule has 0 fully saturated rings. The Balaban J connectivity index is 2.60. The predicted molar refractivity (Wildman–Crippen MR) is 40.3 cm³/mol. The van der Waals surface area contributed by atoms with E-state index in [1.165, 1.54) is 0 Å². The first-order valence-corrected chi connectivity index (χ1v) is 4.78. The number of hydrogen-bond donors (Lipinski definition) is 1. The van der Waals surface area contributed by atoms with Crippen LogP contribution in [0, 0.1) is 10.4 Å². The molecule has 0 aromatic heterocycles. The molecule has 5 heteroatoms. The predicted octanol–water partition coefficient (Wildman–Crippen LogP) is 0.719. The van der Waals surface area contributed by atoms with Crippen LogP contribution >= 0.6 is 11.8 Å². The minimum absolute atomic E-state index is 0.282. The lowest BCUT2D eigenvalue weighted by Gasteiger charge is -2.09. The molecular weight excluding hydrogens is 186 g/mol. The summed E-state index contributed by atoms with van der Waals surface area (Å²) in [4.78, 5) is 0.282. The van der Waals surface area contributed by atoms with E-state index in [9.17, 15) is 8.42 Å². The molecule has 0 aromatic carbocycles. The van der Waals surface area contributed by atoms with Crippen molar-refractivity contribution in [3.8, 4) is 0 Å². The first-order valence-electron chi connectivity index (χ1n) is 2.92. The largest absolute Gasteiger partial charge is 0.254 e. The molecule has 0 unspecified atom stereocenters. The van der Waals surface area contributed by atoms with E-state index < -0.39 is 10.0 Å². The van der Waals surface area contributed by atoms with Gasteiger partial charge in [0.1, 0.15) is 0 Å². The molecule has 0 aliphatic heterocycles. The topological polar surface area (TPSA) is 46.2 Å². The molecule has 58 valence electrons. The average Bonchev–Trinajstić information content (AvgIpc) is 1.95. The highest BCUT2D eigenvalue weighted by atomic mass is 35.5. The van der Waals surface area contributed by atoms with E-state index in [1.807, 2.05) is 6.07 Å². The van der Waals surface area contributed by atoms with Gasteiger partial charge in [0, 0.05) is 5.22 Å². The molecular formula is C6H4ClNO2S. The summed E-state index contributed by atoms with van der Waals surface area (Å²) in [6, 6.07) is 5.18. The summed E-state index contributed by atoms with van der Waals surface area (Å²) in [5, 5.41) is 1.76. The Morgan fingerprint density at radius 3 is 2.36 bits per heavy atom. The lowest BCUT2D eigenvalue weighted by atomic mass is 10.1. The Kier molecular flexibility index (Phi) is 1.27. The fourth-order valence-corrected chi connectivity index (χ4v) is 2.11. The minimum Gasteiger partial charge on any atom is -0.206 e. The lowest BCUT2D eigenvalue weighted by Crippen LogP contribution is -2.16.